The molecule has 1 aromatic carbocycles. The third-order valence-electron chi connectivity index (χ3n) is 5.49. The van der Waals surface area contributed by atoms with Gasteiger partial charge in [-0.25, -0.2) is 4.39 Å². The van der Waals surface area contributed by atoms with E-state index >= 15 is 0 Å². The van der Waals surface area contributed by atoms with Crippen molar-refractivity contribution >= 4 is 22.7 Å². The summed E-state index contributed by atoms with van der Waals surface area (Å²) in [5.74, 6) is -0.448. The Labute approximate surface area is 161 Å². The standard InChI is InChI=1S/C20H22FN5O2/c1-24-17-3-2-16(21)8-14(17)9-18(24)20(28)25-6-4-13(5-7-25)11-26-12-15(10-23-26)19(22)27/h2-3,8-10,12-13H,4-7,11H2,1H3,(H2,22,27). The van der Waals surface area contributed by atoms with Crippen molar-refractivity contribution in [3.05, 3.63) is 53.7 Å². The van der Waals surface area contributed by atoms with Crippen LogP contribution in [0.4, 0.5) is 4.39 Å². The van der Waals surface area contributed by atoms with E-state index in [9.17, 15) is 14.0 Å². The molecular weight excluding hydrogens is 361 g/mol. The van der Waals surface area contributed by atoms with Gasteiger partial charge in [0.1, 0.15) is 11.5 Å². The van der Waals surface area contributed by atoms with Crippen LogP contribution in [0.2, 0.25) is 0 Å². The minimum atomic E-state index is -0.485. The number of benzene rings is 1. The van der Waals surface area contributed by atoms with E-state index < -0.39 is 5.91 Å². The number of likely N-dealkylation sites (tertiary alicyclic amines) is 1. The Kier molecular flexibility index (Phi) is 4.62. The maximum absolute atomic E-state index is 13.5. The summed E-state index contributed by atoms with van der Waals surface area (Å²) in [6.07, 6.45) is 4.85. The second-order valence-corrected chi connectivity index (χ2v) is 7.34. The van der Waals surface area contributed by atoms with E-state index in [2.05, 4.69) is 5.10 Å². The normalized spacial score (nSPS) is 15.3. The highest BCUT2D eigenvalue weighted by molar-refractivity contribution is 5.98. The molecule has 146 valence electrons. The molecule has 1 aliphatic heterocycles. The highest BCUT2D eigenvalue weighted by atomic mass is 19.1. The largest absolute Gasteiger partial charge is 0.366 e. The van der Waals surface area contributed by atoms with Gasteiger partial charge in [0.2, 0.25) is 0 Å². The van der Waals surface area contributed by atoms with Gasteiger partial charge < -0.3 is 15.2 Å². The molecule has 0 unspecified atom stereocenters. The first-order chi connectivity index (χ1) is 13.4. The molecule has 4 rings (SSSR count). The van der Waals surface area contributed by atoms with Gasteiger partial charge in [0.05, 0.1) is 11.8 Å². The van der Waals surface area contributed by atoms with Gasteiger partial charge in [0.15, 0.2) is 0 Å². The lowest BCUT2D eigenvalue weighted by atomic mass is 9.96. The Bertz CT molecular complexity index is 1050. The molecule has 2 amide bonds. The van der Waals surface area contributed by atoms with Crippen molar-refractivity contribution < 1.29 is 14.0 Å². The maximum atomic E-state index is 13.5. The lowest BCUT2D eigenvalue weighted by Crippen LogP contribution is -2.40. The van der Waals surface area contributed by atoms with Crippen LogP contribution in [0.3, 0.4) is 0 Å². The topological polar surface area (TPSA) is 86.1 Å². The Morgan fingerprint density at radius 3 is 2.68 bits per heavy atom. The number of aromatic nitrogens is 3. The molecule has 0 bridgehead atoms. The molecule has 0 spiro atoms. The van der Waals surface area contributed by atoms with Crippen LogP contribution in [0.25, 0.3) is 10.9 Å². The average molecular weight is 383 g/mol. The highest BCUT2D eigenvalue weighted by Gasteiger charge is 2.26. The van der Waals surface area contributed by atoms with Crippen LogP contribution in [-0.2, 0) is 13.6 Å². The summed E-state index contributed by atoms with van der Waals surface area (Å²) in [4.78, 5) is 26.0. The van der Waals surface area contributed by atoms with Crippen molar-refractivity contribution in [3.63, 3.8) is 0 Å². The summed E-state index contributed by atoms with van der Waals surface area (Å²) in [5, 5.41) is 4.90. The van der Waals surface area contributed by atoms with Crippen LogP contribution in [0.5, 0.6) is 0 Å². The third kappa shape index (κ3) is 3.37. The van der Waals surface area contributed by atoms with Gasteiger partial charge in [-0.3, -0.25) is 14.3 Å². The molecule has 0 aliphatic carbocycles. The van der Waals surface area contributed by atoms with E-state index in [-0.39, 0.29) is 11.7 Å². The lowest BCUT2D eigenvalue weighted by molar-refractivity contribution is 0.0672. The SMILES string of the molecule is Cn1c(C(=O)N2CCC(Cn3cc(C(N)=O)cn3)CC2)cc2cc(F)ccc21. The quantitative estimate of drug-likeness (QED) is 0.749. The Morgan fingerprint density at radius 2 is 2.00 bits per heavy atom. The first kappa shape index (κ1) is 18.2. The van der Waals surface area contributed by atoms with Crippen molar-refractivity contribution in [1.82, 2.24) is 19.2 Å². The van der Waals surface area contributed by atoms with Gasteiger partial charge in [0.25, 0.3) is 11.8 Å². The van der Waals surface area contributed by atoms with E-state index in [1.807, 2.05) is 16.5 Å². The van der Waals surface area contributed by atoms with Crippen LogP contribution in [0.15, 0.2) is 36.7 Å². The van der Waals surface area contributed by atoms with E-state index in [1.165, 1.54) is 18.3 Å². The van der Waals surface area contributed by atoms with Crippen molar-refractivity contribution in [3.8, 4) is 0 Å². The van der Waals surface area contributed by atoms with Gasteiger partial charge in [-0.15, -0.1) is 0 Å². The number of fused-ring (bicyclic) bond motifs is 1. The Hall–Kier alpha value is -3.16. The molecule has 1 aliphatic rings. The number of halogens is 1. The third-order valence-corrected chi connectivity index (χ3v) is 5.49. The molecule has 1 fully saturated rings. The van der Waals surface area contributed by atoms with Gasteiger partial charge in [-0.1, -0.05) is 0 Å². The lowest BCUT2D eigenvalue weighted by Gasteiger charge is -2.32. The number of rotatable bonds is 4. The molecule has 3 heterocycles. The number of piperidine rings is 1. The van der Waals surface area contributed by atoms with Gasteiger partial charge in [-0.05, 0) is 43.0 Å². The molecule has 3 aromatic rings. The fourth-order valence-corrected chi connectivity index (χ4v) is 3.86. The van der Waals surface area contributed by atoms with Crippen LogP contribution in [0, 0.1) is 11.7 Å². The molecule has 8 heteroatoms. The number of primary amides is 1. The zero-order valence-electron chi connectivity index (χ0n) is 15.6. The van der Waals surface area contributed by atoms with Crippen molar-refractivity contribution in [2.75, 3.05) is 13.1 Å². The molecule has 0 saturated carbocycles. The number of aryl methyl sites for hydroxylation is 1. The number of carbonyl (C=O) groups is 2. The zero-order chi connectivity index (χ0) is 19.8. The maximum Gasteiger partial charge on any atom is 0.270 e. The molecule has 1 saturated heterocycles. The fourth-order valence-electron chi connectivity index (χ4n) is 3.86. The zero-order valence-corrected chi connectivity index (χ0v) is 15.6. The van der Waals surface area contributed by atoms with Crippen molar-refractivity contribution in [2.24, 2.45) is 18.7 Å². The van der Waals surface area contributed by atoms with E-state index in [4.69, 9.17) is 5.73 Å². The average Bonchev–Trinajstić information content (AvgIpc) is 3.26. The van der Waals surface area contributed by atoms with Crippen molar-refractivity contribution in [1.29, 1.82) is 0 Å². The number of carbonyl (C=O) groups excluding carboxylic acids is 2. The molecule has 28 heavy (non-hydrogen) atoms. The monoisotopic (exact) mass is 383 g/mol. The minimum Gasteiger partial charge on any atom is -0.366 e. The summed E-state index contributed by atoms with van der Waals surface area (Å²) in [7, 11) is 1.83. The Morgan fingerprint density at radius 1 is 1.25 bits per heavy atom. The smallest absolute Gasteiger partial charge is 0.270 e. The second-order valence-electron chi connectivity index (χ2n) is 7.34. The van der Waals surface area contributed by atoms with Gasteiger partial charge in [-0.2, -0.15) is 5.10 Å². The first-order valence-corrected chi connectivity index (χ1v) is 9.29. The summed E-state index contributed by atoms with van der Waals surface area (Å²) in [5.41, 5.74) is 7.06. The molecular formula is C20H22FN5O2. The highest BCUT2D eigenvalue weighted by Crippen LogP contribution is 2.24. The van der Waals surface area contributed by atoms with E-state index in [0.717, 1.165) is 23.7 Å². The summed E-state index contributed by atoms with van der Waals surface area (Å²) >= 11 is 0. The summed E-state index contributed by atoms with van der Waals surface area (Å²) < 4.78 is 17.0. The number of hydrogen-bond acceptors (Lipinski definition) is 3. The first-order valence-electron chi connectivity index (χ1n) is 9.29. The molecule has 7 nitrogen and oxygen atoms in total. The second kappa shape index (κ2) is 7.10. The molecule has 2 aromatic heterocycles. The molecule has 0 radical (unpaired) electrons. The van der Waals surface area contributed by atoms with E-state index in [1.54, 1.807) is 23.0 Å². The van der Waals surface area contributed by atoms with Crippen molar-refractivity contribution in [2.45, 2.75) is 19.4 Å². The van der Waals surface area contributed by atoms with Crippen LogP contribution in [-0.4, -0.2) is 44.2 Å². The molecule has 0 atom stereocenters. The Balaban J connectivity index is 1.41. The van der Waals surface area contributed by atoms with Gasteiger partial charge in [0, 0.05) is 43.8 Å². The number of nitrogens with zero attached hydrogens (tertiary/aromatic N) is 4. The fraction of sp³-hybridized carbons (Fsp3) is 0.350. The van der Waals surface area contributed by atoms with Gasteiger partial charge >= 0.3 is 0 Å². The van der Waals surface area contributed by atoms with Crippen LogP contribution < -0.4 is 5.73 Å². The van der Waals surface area contributed by atoms with E-state index in [0.29, 0.717) is 36.8 Å². The summed E-state index contributed by atoms with van der Waals surface area (Å²) in [6, 6.07) is 6.30. The minimum absolute atomic E-state index is 0.0346. The molecule has 2 N–H and O–H groups in total. The number of nitrogens with two attached hydrogens (primary N) is 1. The van der Waals surface area contributed by atoms with Crippen LogP contribution >= 0.6 is 0 Å². The predicted molar refractivity (Wildman–Crippen MR) is 102 cm³/mol. The van der Waals surface area contributed by atoms with Crippen LogP contribution in [0.1, 0.15) is 33.7 Å². The number of amides is 2. The summed E-state index contributed by atoms with van der Waals surface area (Å²) in [6.45, 7) is 2.01. The number of hydrogen-bond donors (Lipinski definition) is 1. The predicted octanol–water partition coefficient (Wildman–Crippen LogP) is 2.17.